The summed E-state index contributed by atoms with van der Waals surface area (Å²) in [7, 11) is 0. The molecule has 0 saturated carbocycles. The molecule has 0 atom stereocenters. The number of nitrogens with one attached hydrogen (secondary N) is 1. The molecule has 0 saturated heterocycles. The molecule has 78 valence electrons. The summed E-state index contributed by atoms with van der Waals surface area (Å²) in [5.74, 6) is 0. The van der Waals surface area contributed by atoms with Gasteiger partial charge >= 0.3 is 0 Å². The summed E-state index contributed by atoms with van der Waals surface area (Å²) in [6.45, 7) is 6.48. The molecule has 0 amide bonds. The van der Waals surface area contributed by atoms with Crippen LogP contribution < -0.4 is 5.32 Å². The van der Waals surface area contributed by atoms with Gasteiger partial charge in [0.15, 0.2) is 0 Å². The molecular formula is C14H17N. The van der Waals surface area contributed by atoms with Crippen LogP contribution in [0.15, 0.2) is 36.5 Å². The van der Waals surface area contributed by atoms with E-state index in [4.69, 9.17) is 0 Å². The SMILES string of the molecule is CC(C)(C)N/C=C1\C=Cc2ccccc21. The van der Waals surface area contributed by atoms with Crippen molar-refractivity contribution in [2.24, 2.45) is 0 Å². The van der Waals surface area contributed by atoms with Gasteiger partial charge in [-0.15, -0.1) is 0 Å². The maximum absolute atomic E-state index is 3.39. The molecular weight excluding hydrogens is 182 g/mol. The highest BCUT2D eigenvalue weighted by Crippen LogP contribution is 2.28. The molecule has 1 aromatic rings. The minimum Gasteiger partial charge on any atom is -0.386 e. The van der Waals surface area contributed by atoms with Gasteiger partial charge in [-0.2, -0.15) is 0 Å². The van der Waals surface area contributed by atoms with Crippen molar-refractivity contribution in [1.82, 2.24) is 5.32 Å². The molecule has 1 heteroatoms. The first kappa shape index (κ1) is 10.0. The van der Waals surface area contributed by atoms with Crippen LogP contribution in [0.2, 0.25) is 0 Å². The molecule has 1 aliphatic rings. The van der Waals surface area contributed by atoms with Gasteiger partial charge in [-0.3, -0.25) is 0 Å². The third-order valence-electron chi connectivity index (χ3n) is 2.37. The van der Waals surface area contributed by atoms with E-state index < -0.39 is 0 Å². The van der Waals surface area contributed by atoms with Gasteiger partial charge in [0.05, 0.1) is 0 Å². The third kappa shape index (κ3) is 2.30. The van der Waals surface area contributed by atoms with Crippen molar-refractivity contribution in [3.05, 3.63) is 47.7 Å². The quantitative estimate of drug-likeness (QED) is 0.730. The lowest BCUT2D eigenvalue weighted by atomic mass is 10.1. The Kier molecular flexibility index (Phi) is 2.39. The number of allylic oxidation sites excluding steroid dienone is 2. The summed E-state index contributed by atoms with van der Waals surface area (Å²) < 4.78 is 0. The van der Waals surface area contributed by atoms with Crippen molar-refractivity contribution >= 4 is 11.6 Å². The minimum atomic E-state index is 0.123. The van der Waals surface area contributed by atoms with Crippen LogP contribution in [0.25, 0.3) is 11.6 Å². The van der Waals surface area contributed by atoms with Crippen LogP contribution in [-0.2, 0) is 0 Å². The molecule has 2 rings (SSSR count). The Labute approximate surface area is 91.5 Å². The van der Waals surface area contributed by atoms with Crippen LogP contribution in [0.5, 0.6) is 0 Å². The Hall–Kier alpha value is -1.50. The molecule has 1 N–H and O–H groups in total. The lowest BCUT2D eigenvalue weighted by Gasteiger charge is -2.19. The number of rotatable bonds is 1. The van der Waals surface area contributed by atoms with Crippen molar-refractivity contribution in [3.8, 4) is 0 Å². The topological polar surface area (TPSA) is 12.0 Å². The first-order valence-electron chi connectivity index (χ1n) is 5.32. The van der Waals surface area contributed by atoms with Crippen molar-refractivity contribution in [1.29, 1.82) is 0 Å². The molecule has 0 radical (unpaired) electrons. The van der Waals surface area contributed by atoms with E-state index >= 15 is 0 Å². The van der Waals surface area contributed by atoms with Gasteiger partial charge < -0.3 is 5.32 Å². The number of benzene rings is 1. The smallest absolute Gasteiger partial charge is 0.0284 e. The lowest BCUT2D eigenvalue weighted by Crippen LogP contribution is -2.31. The largest absolute Gasteiger partial charge is 0.386 e. The second-order valence-electron chi connectivity index (χ2n) is 4.91. The molecule has 1 nitrogen and oxygen atoms in total. The summed E-state index contributed by atoms with van der Waals surface area (Å²) >= 11 is 0. The van der Waals surface area contributed by atoms with Crippen LogP contribution in [0.3, 0.4) is 0 Å². The van der Waals surface area contributed by atoms with Crippen molar-refractivity contribution in [2.45, 2.75) is 26.3 Å². The van der Waals surface area contributed by atoms with E-state index in [1.54, 1.807) is 0 Å². The van der Waals surface area contributed by atoms with Crippen molar-refractivity contribution < 1.29 is 0 Å². The molecule has 0 unspecified atom stereocenters. The molecule has 0 aromatic heterocycles. The van der Waals surface area contributed by atoms with E-state index in [0.29, 0.717) is 0 Å². The molecule has 0 heterocycles. The van der Waals surface area contributed by atoms with E-state index in [2.05, 4.69) is 68.7 Å². The maximum atomic E-state index is 3.39. The van der Waals surface area contributed by atoms with Gasteiger partial charge in [0, 0.05) is 11.7 Å². The van der Waals surface area contributed by atoms with Gasteiger partial charge in [-0.25, -0.2) is 0 Å². The van der Waals surface area contributed by atoms with Crippen LogP contribution in [0.1, 0.15) is 31.9 Å². The molecule has 1 aromatic carbocycles. The van der Waals surface area contributed by atoms with E-state index in [1.165, 1.54) is 16.7 Å². The fraction of sp³-hybridized carbons (Fsp3) is 0.286. The molecule has 0 aliphatic heterocycles. The fourth-order valence-corrected chi connectivity index (χ4v) is 1.59. The Balaban J connectivity index is 2.25. The lowest BCUT2D eigenvalue weighted by molar-refractivity contribution is 0.492. The van der Waals surface area contributed by atoms with E-state index in [1.807, 2.05) is 0 Å². The number of hydrogen-bond donors (Lipinski definition) is 1. The standard InChI is InChI=1S/C14H17N/c1-14(2,3)15-10-12-9-8-11-6-4-5-7-13(11)12/h4-10,15H,1-3H3/b12-10+. The highest BCUT2D eigenvalue weighted by atomic mass is 14.9. The minimum absolute atomic E-state index is 0.123. The van der Waals surface area contributed by atoms with Gasteiger partial charge in [0.2, 0.25) is 0 Å². The van der Waals surface area contributed by atoms with E-state index in [9.17, 15) is 0 Å². The molecule has 1 aliphatic carbocycles. The number of fused-ring (bicyclic) bond motifs is 1. The van der Waals surface area contributed by atoms with E-state index in [0.717, 1.165) is 0 Å². The molecule has 0 fully saturated rings. The van der Waals surface area contributed by atoms with Gasteiger partial charge in [-0.1, -0.05) is 36.4 Å². The predicted molar refractivity (Wildman–Crippen MR) is 66.3 cm³/mol. The second-order valence-corrected chi connectivity index (χ2v) is 4.91. The Morgan fingerprint density at radius 2 is 1.80 bits per heavy atom. The molecule has 0 bridgehead atoms. The Bertz CT molecular complexity index is 419. The third-order valence-corrected chi connectivity index (χ3v) is 2.37. The first-order chi connectivity index (χ1) is 7.06. The summed E-state index contributed by atoms with van der Waals surface area (Å²) in [5, 5.41) is 3.39. The average molecular weight is 199 g/mol. The second kappa shape index (κ2) is 3.58. The highest BCUT2D eigenvalue weighted by Gasteiger charge is 2.11. The van der Waals surface area contributed by atoms with Gasteiger partial charge in [0.25, 0.3) is 0 Å². The molecule has 0 spiro atoms. The average Bonchev–Trinajstić information content (AvgIpc) is 2.57. The summed E-state index contributed by atoms with van der Waals surface area (Å²) in [5.41, 5.74) is 4.01. The zero-order valence-electron chi connectivity index (χ0n) is 9.54. The summed E-state index contributed by atoms with van der Waals surface area (Å²) in [6, 6.07) is 8.45. The van der Waals surface area contributed by atoms with Gasteiger partial charge in [-0.05, 0) is 37.5 Å². The summed E-state index contributed by atoms with van der Waals surface area (Å²) in [4.78, 5) is 0. The predicted octanol–water partition coefficient (Wildman–Crippen LogP) is 3.44. The Morgan fingerprint density at radius 3 is 2.53 bits per heavy atom. The van der Waals surface area contributed by atoms with Crippen LogP contribution in [-0.4, -0.2) is 5.54 Å². The monoisotopic (exact) mass is 199 g/mol. The van der Waals surface area contributed by atoms with Crippen LogP contribution in [0, 0.1) is 0 Å². The maximum Gasteiger partial charge on any atom is 0.0284 e. The highest BCUT2D eigenvalue weighted by molar-refractivity contribution is 5.89. The van der Waals surface area contributed by atoms with Crippen LogP contribution >= 0.6 is 0 Å². The number of hydrogen-bond acceptors (Lipinski definition) is 1. The van der Waals surface area contributed by atoms with Gasteiger partial charge in [0.1, 0.15) is 0 Å². The first-order valence-corrected chi connectivity index (χ1v) is 5.32. The zero-order valence-corrected chi connectivity index (χ0v) is 9.54. The van der Waals surface area contributed by atoms with Crippen molar-refractivity contribution in [3.63, 3.8) is 0 Å². The van der Waals surface area contributed by atoms with Crippen LogP contribution in [0.4, 0.5) is 0 Å². The molecule has 15 heavy (non-hydrogen) atoms. The van der Waals surface area contributed by atoms with Crippen molar-refractivity contribution in [2.75, 3.05) is 0 Å². The summed E-state index contributed by atoms with van der Waals surface area (Å²) in [6.07, 6.45) is 6.41. The van der Waals surface area contributed by atoms with E-state index in [-0.39, 0.29) is 5.54 Å². The fourth-order valence-electron chi connectivity index (χ4n) is 1.59. The zero-order chi connectivity index (χ0) is 10.9. The Morgan fingerprint density at radius 1 is 1.07 bits per heavy atom. The normalized spacial score (nSPS) is 16.9.